The number of anilines is 2. The van der Waals surface area contributed by atoms with E-state index >= 15 is 0 Å². The van der Waals surface area contributed by atoms with E-state index in [0.29, 0.717) is 23.1 Å². The fraction of sp³-hybridized carbons (Fsp3) is 0.480. The molecule has 2 aliphatic rings. The van der Waals surface area contributed by atoms with E-state index in [1.54, 1.807) is 28.8 Å². The molecule has 0 saturated carbocycles. The predicted octanol–water partition coefficient (Wildman–Crippen LogP) is 5.13. The van der Waals surface area contributed by atoms with Crippen LogP contribution in [0.15, 0.2) is 46.1 Å². The van der Waals surface area contributed by atoms with Crippen LogP contribution in [0.5, 0.6) is 0 Å². The summed E-state index contributed by atoms with van der Waals surface area (Å²) in [5.74, 6) is 0. The van der Waals surface area contributed by atoms with Gasteiger partial charge in [-0.05, 0) is 55.9 Å². The van der Waals surface area contributed by atoms with Crippen LogP contribution in [0, 0.1) is 0 Å². The molecular formula is C25H32N4O3S3. The van der Waals surface area contributed by atoms with Gasteiger partial charge in [0, 0.05) is 30.6 Å². The zero-order chi connectivity index (χ0) is 24.3. The van der Waals surface area contributed by atoms with Crippen molar-refractivity contribution in [3.63, 3.8) is 0 Å². The Bertz CT molecular complexity index is 1220. The topological polar surface area (TPSA) is 74.8 Å². The van der Waals surface area contributed by atoms with Gasteiger partial charge < -0.3 is 10.1 Å². The zero-order valence-corrected chi connectivity index (χ0v) is 22.4. The Labute approximate surface area is 215 Å². The fourth-order valence-corrected chi connectivity index (χ4v) is 8.38. The molecule has 0 aliphatic carbocycles. The molecule has 4 heterocycles. The molecule has 0 bridgehead atoms. The molecule has 1 N–H and O–H groups in total. The van der Waals surface area contributed by atoms with Crippen molar-refractivity contribution in [3.8, 4) is 0 Å². The molecular weight excluding hydrogens is 501 g/mol. The molecule has 35 heavy (non-hydrogen) atoms. The van der Waals surface area contributed by atoms with Crippen molar-refractivity contribution in [1.82, 2.24) is 9.88 Å². The first-order valence-electron chi connectivity index (χ1n) is 12.3. The highest BCUT2D eigenvalue weighted by Gasteiger charge is 2.33. The number of aromatic nitrogens is 1. The number of thiazole rings is 1. The minimum absolute atomic E-state index is 0.0458. The molecule has 1 atom stereocenters. The Kier molecular flexibility index (Phi) is 7.74. The molecule has 2 aliphatic heterocycles. The maximum absolute atomic E-state index is 13.6. The SMILES string of the molecule is CCOCCN(c1cccc2c1NC(c1ncc(CN3CCCCC3)s1)C2)S(=O)(=O)c1cccs1. The van der Waals surface area contributed by atoms with Gasteiger partial charge in [-0.1, -0.05) is 24.6 Å². The maximum atomic E-state index is 13.6. The van der Waals surface area contributed by atoms with Gasteiger partial charge in [0.2, 0.25) is 0 Å². The molecule has 1 aromatic carbocycles. The normalized spacial score (nSPS) is 18.4. The summed E-state index contributed by atoms with van der Waals surface area (Å²) in [5.41, 5.74) is 2.66. The lowest BCUT2D eigenvalue weighted by molar-refractivity contribution is 0.156. The van der Waals surface area contributed by atoms with Crippen molar-refractivity contribution in [3.05, 3.63) is 57.4 Å². The first kappa shape index (κ1) is 24.7. The van der Waals surface area contributed by atoms with Gasteiger partial charge in [-0.3, -0.25) is 9.21 Å². The third-order valence-corrected chi connectivity index (χ3v) is 10.8. The number of fused-ring (bicyclic) bond motifs is 1. The molecule has 1 unspecified atom stereocenters. The summed E-state index contributed by atoms with van der Waals surface area (Å²) < 4.78 is 34.5. The summed E-state index contributed by atoms with van der Waals surface area (Å²) in [6, 6.07) is 9.38. The molecule has 3 aromatic rings. The number of piperidine rings is 1. The van der Waals surface area contributed by atoms with E-state index in [1.165, 1.54) is 52.9 Å². The molecule has 1 fully saturated rings. The Morgan fingerprint density at radius 2 is 2.06 bits per heavy atom. The van der Waals surface area contributed by atoms with Crippen molar-refractivity contribution < 1.29 is 13.2 Å². The highest BCUT2D eigenvalue weighted by Crippen LogP contribution is 2.43. The van der Waals surface area contributed by atoms with Crippen LogP contribution in [0.25, 0.3) is 0 Å². The third-order valence-electron chi connectivity index (χ3n) is 6.52. The number of nitrogens with zero attached hydrogens (tertiary/aromatic N) is 3. The summed E-state index contributed by atoms with van der Waals surface area (Å²) in [4.78, 5) is 8.56. The first-order chi connectivity index (χ1) is 17.1. The molecule has 2 aromatic heterocycles. The predicted molar refractivity (Wildman–Crippen MR) is 143 cm³/mol. The third kappa shape index (κ3) is 5.41. The molecule has 7 nitrogen and oxygen atoms in total. The second kappa shape index (κ2) is 11.0. The number of rotatable bonds is 10. The van der Waals surface area contributed by atoms with E-state index < -0.39 is 10.0 Å². The lowest BCUT2D eigenvalue weighted by Crippen LogP contribution is -2.34. The Balaban J connectivity index is 1.38. The summed E-state index contributed by atoms with van der Waals surface area (Å²) in [6.07, 6.45) is 6.69. The zero-order valence-electron chi connectivity index (χ0n) is 20.0. The van der Waals surface area contributed by atoms with E-state index in [-0.39, 0.29) is 12.6 Å². The van der Waals surface area contributed by atoms with Gasteiger partial charge in [0.05, 0.1) is 30.6 Å². The number of likely N-dealkylation sites (tertiary alicyclic amines) is 1. The summed E-state index contributed by atoms with van der Waals surface area (Å²) in [7, 11) is -3.69. The van der Waals surface area contributed by atoms with E-state index in [9.17, 15) is 8.42 Å². The van der Waals surface area contributed by atoms with Crippen molar-refractivity contribution in [2.75, 3.05) is 42.5 Å². The number of ether oxygens (including phenoxy) is 1. The van der Waals surface area contributed by atoms with Crippen molar-refractivity contribution in [2.24, 2.45) is 0 Å². The minimum atomic E-state index is -3.69. The molecule has 0 radical (unpaired) electrons. The van der Waals surface area contributed by atoms with Gasteiger partial charge in [0.25, 0.3) is 10.0 Å². The number of benzene rings is 1. The van der Waals surface area contributed by atoms with Crippen LogP contribution in [0.1, 0.15) is 47.7 Å². The smallest absolute Gasteiger partial charge is 0.273 e. The Morgan fingerprint density at radius 3 is 2.83 bits per heavy atom. The second-order valence-corrected chi connectivity index (χ2v) is 13.1. The summed E-state index contributed by atoms with van der Waals surface area (Å²) in [6.45, 7) is 6.35. The number of sulfonamides is 1. The molecule has 0 spiro atoms. The summed E-state index contributed by atoms with van der Waals surface area (Å²) >= 11 is 3.00. The van der Waals surface area contributed by atoms with Gasteiger partial charge in [0.1, 0.15) is 9.22 Å². The van der Waals surface area contributed by atoms with Crippen LogP contribution in [0.3, 0.4) is 0 Å². The number of para-hydroxylation sites is 1. The van der Waals surface area contributed by atoms with Gasteiger partial charge in [-0.15, -0.1) is 22.7 Å². The second-order valence-electron chi connectivity index (χ2n) is 8.92. The van der Waals surface area contributed by atoms with Crippen molar-refractivity contribution >= 4 is 44.1 Å². The van der Waals surface area contributed by atoms with Gasteiger partial charge in [-0.25, -0.2) is 13.4 Å². The summed E-state index contributed by atoms with van der Waals surface area (Å²) in [5, 5.41) is 6.46. The van der Waals surface area contributed by atoms with Gasteiger partial charge >= 0.3 is 0 Å². The molecule has 10 heteroatoms. The lowest BCUT2D eigenvalue weighted by Gasteiger charge is -2.26. The number of nitrogens with one attached hydrogen (secondary N) is 1. The van der Waals surface area contributed by atoms with Crippen molar-refractivity contribution in [2.45, 2.75) is 49.4 Å². The van der Waals surface area contributed by atoms with E-state index in [1.807, 2.05) is 25.3 Å². The van der Waals surface area contributed by atoms with E-state index in [4.69, 9.17) is 9.72 Å². The highest BCUT2D eigenvalue weighted by molar-refractivity contribution is 7.94. The standard InChI is InChI=1S/C25H32N4O3S3/c1-2-32-14-13-29(35(30,31)23-10-7-15-33-23)22-9-6-8-19-16-21(27-24(19)22)25-26-17-20(34-25)18-28-11-4-3-5-12-28/h6-10,15,17,21,27H,2-5,11-14,16,18H2,1H3. The Morgan fingerprint density at radius 1 is 1.20 bits per heavy atom. The largest absolute Gasteiger partial charge is 0.380 e. The first-order valence-corrected chi connectivity index (χ1v) is 15.4. The number of thiophene rings is 1. The van der Waals surface area contributed by atoms with Gasteiger partial charge in [-0.2, -0.15) is 0 Å². The quantitative estimate of drug-likeness (QED) is 0.365. The lowest BCUT2D eigenvalue weighted by atomic mass is 10.1. The van der Waals surface area contributed by atoms with Crippen LogP contribution >= 0.6 is 22.7 Å². The number of hydrogen-bond acceptors (Lipinski definition) is 8. The minimum Gasteiger partial charge on any atom is -0.380 e. The van der Waals surface area contributed by atoms with Crippen LogP contribution in [-0.2, 0) is 27.7 Å². The molecule has 5 rings (SSSR count). The van der Waals surface area contributed by atoms with Crippen molar-refractivity contribution in [1.29, 1.82) is 0 Å². The number of hydrogen-bond donors (Lipinski definition) is 1. The maximum Gasteiger partial charge on any atom is 0.273 e. The van der Waals surface area contributed by atoms with Crippen LogP contribution in [0.4, 0.5) is 11.4 Å². The van der Waals surface area contributed by atoms with Gasteiger partial charge in [0.15, 0.2) is 0 Å². The Hall–Kier alpha value is -1.98. The average Bonchev–Trinajstić information content (AvgIpc) is 3.63. The van der Waals surface area contributed by atoms with E-state index in [2.05, 4.69) is 16.3 Å². The molecule has 1 saturated heterocycles. The molecule has 188 valence electrons. The highest BCUT2D eigenvalue weighted by atomic mass is 32.2. The van der Waals surface area contributed by atoms with Crippen LogP contribution in [0.2, 0.25) is 0 Å². The van der Waals surface area contributed by atoms with Crippen LogP contribution in [-0.4, -0.2) is 51.1 Å². The van der Waals surface area contributed by atoms with Crippen LogP contribution < -0.4 is 9.62 Å². The van der Waals surface area contributed by atoms with E-state index in [0.717, 1.165) is 29.2 Å². The monoisotopic (exact) mass is 532 g/mol. The molecule has 0 amide bonds. The average molecular weight is 533 g/mol. The fourth-order valence-electron chi connectivity index (χ4n) is 4.80.